The minimum atomic E-state index is -1.27. The number of aliphatic hydroxyl groups is 1. The Balaban J connectivity index is 2.24. The second kappa shape index (κ2) is 4.76. The molecular formula is C17H17NO2. The molecule has 0 radical (unpaired) electrons. The predicted octanol–water partition coefficient (Wildman–Crippen LogP) is 2.55. The molecule has 2 aromatic carbocycles. The number of fused-ring (bicyclic) bond motifs is 1. The Kier molecular flexibility index (Phi) is 3.07. The summed E-state index contributed by atoms with van der Waals surface area (Å²) in [6.45, 7) is 1.98. The Hall–Kier alpha value is -2.13. The maximum Gasteiger partial charge on any atom is 0.138 e. The molecule has 2 N–H and O–H groups in total. The maximum atomic E-state index is 12.0. The zero-order valence-corrected chi connectivity index (χ0v) is 11.3. The Bertz CT molecular complexity index is 638. The highest BCUT2D eigenvalue weighted by Gasteiger charge is 2.46. The van der Waals surface area contributed by atoms with Crippen LogP contribution in [0.1, 0.15) is 18.1 Å². The fourth-order valence-electron chi connectivity index (χ4n) is 3.00. The van der Waals surface area contributed by atoms with Crippen LogP contribution in [-0.4, -0.2) is 17.4 Å². The third kappa shape index (κ3) is 1.82. The molecule has 0 amide bonds. The molecule has 0 saturated heterocycles. The van der Waals surface area contributed by atoms with Gasteiger partial charge in [-0.25, -0.2) is 0 Å². The van der Waals surface area contributed by atoms with Crippen LogP contribution in [0.25, 0.3) is 0 Å². The number of anilines is 1. The van der Waals surface area contributed by atoms with Gasteiger partial charge in [0.2, 0.25) is 0 Å². The van der Waals surface area contributed by atoms with Crippen LogP contribution in [0.3, 0.4) is 0 Å². The number of ketones is 1. The smallest absolute Gasteiger partial charge is 0.138 e. The Morgan fingerprint density at radius 3 is 2.50 bits per heavy atom. The van der Waals surface area contributed by atoms with E-state index in [2.05, 4.69) is 5.32 Å². The van der Waals surface area contributed by atoms with Crippen LogP contribution in [0.5, 0.6) is 0 Å². The summed E-state index contributed by atoms with van der Waals surface area (Å²) in [6.07, 6.45) is 0. The summed E-state index contributed by atoms with van der Waals surface area (Å²) in [4.78, 5) is 12.0. The standard InChI is InChI=1S/C17H17NO2/c1-12(19)15-11-18-16-10-6-5-9-14(16)17(15,20)13-7-3-2-4-8-13/h2-10,15,18,20H,11H2,1H3/t15-,17+/m0/s1. The zero-order valence-electron chi connectivity index (χ0n) is 11.3. The van der Waals surface area contributed by atoms with Crippen LogP contribution in [0, 0.1) is 5.92 Å². The van der Waals surface area contributed by atoms with Crippen LogP contribution in [0.15, 0.2) is 54.6 Å². The van der Waals surface area contributed by atoms with E-state index in [4.69, 9.17) is 0 Å². The van der Waals surface area contributed by atoms with Crippen molar-refractivity contribution >= 4 is 11.5 Å². The van der Waals surface area contributed by atoms with Crippen molar-refractivity contribution in [3.63, 3.8) is 0 Å². The minimum Gasteiger partial charge on any atom is -0.384 e. The van der Waals surface area contributed by atoms with Gasteiger partial charge in [0.1, 0.15) is 11.4 Å². The molecular weight excluding hydrogens is 250 g/mol. The summed E-state index contributed by atoms with van der Waals surface area (Å²) in [6, 6.07) is 17.0. The van der Waals surface area contributed by atoms with Crippen LogP contribution < -0.4 is 5.32 Å². The molecule has 3 heteroatoms. The number of carbonyl (C=O) groups excluding carboxylic acids is 1. The fourth-order valence-corrected chi connectivity index (χ4v) is 3.00. The van der Waals surface area contributed by atoms with E-state index in [1.165, 1.54) is 6.92 Å². The molecule has 3 rings (SSSR count). The van der Waals surface area contributed by atoms with Crippen molar-refractivity contribution in [2.45, 2.75) is 12.5 Å². The first-order valence-electron chi connectivity index (χ1n) is 6.75. The van der Waals surface area contributed by atoms with E-state index >= 15 is 0 Å². The van der Waals surface area contributed by atoms with Crippen LogP contribution in [-0.2, 0) is 10.4 Å². The molecule has 2 aromatic rings. The first kappa shape index (κ1) is 12.9. The quantitative estimate of drug-likeness (QED) is 0.879. The first-order valence-corrected chi connectivity index (χ1v) is 6.75. The molecule has 0 bridgehead atoms. The van der Waals surface area contributed by atoms with Crippen molar-refractivity contribution in [1.29, 1.82) is 0 Å². The SMILES string of the molecule is CC(=O)[C@@H]1CNc2ccccc2[C@]1(O)c1ccccc1. The van der Waals surface area contributed by atoms with Crippen molar-refractivity contribution in [3.05, 3.63) is 65.7 Å². The lowest BCUT2D eigenvalue weighted by molar-refractivity contribution is -0.127. The van der Waals surface area contributed by atoms with Crippen molar-refractivity contribution < 1.29 is 9.90 Å². The van der Waals surface area contributed by atoms with Crippen molar-refractivity contribution in [2.24, 2.45) is 5.92 Å². The third-order valence-corrected chi connectivity index (χ3v) is 4.04. The number of hydrogen-bond acceptors (Lipinski definition) is 3. The van der Waals surface area contributed by atoms with Gasteiger partial charge in [0.05, 0.1) is 5.92 Å². The highest BCUT2D eigenvalue weighted by Crippen LogP contribution is 2.43. The van der Waals surface area contributed by atoms with Crippen molar-refractivity contribution in [3.8, 4) is 0 Å². The van der Waals surface area contributed by atoms with E-state index in [0.29, 0.717) is 6.54 Å². The second-order valence-electron chi connectivity index (χ2n) is 5.22. The molecule has 1 aliphatic heterocycles. The average Bonchev–Trinajstić information content (AvgIpc) is 2.48. The number of rotatable bonds is 2. The van der Waals surface area contributed by atoms with Gasteiger partial charge in [-0.1, -0.05) is 48.5 Å². The van der Waals surface area contributed by atoms with Gasteiger partial charge >= 0.3 is 0 Å². The molecule has 0 fully saturated rings. The van der Waals surface area contributed by atoms with Gasteiger partial charge in [-0.05, 0) is 18.6 Å². The zero-order chi connectivity index (χ0) is 14.2. The van der Waals surface area contributed by atoms with Gasteiger partial charge in [-0.2, -0.15) is 0 Å². The van der Waals surface area contributed by atoms with Crippen LogP contribution in [0.4, 0.5) is 5.69 Å². The van der Waals surface area contributed by atoms with Gasteiger partial charge < -0.3 is 10.4 Å². The molecule has 1 heterocycles. The topological polar surface area (TPSA) is 49.3 Å². The summed E-state index contributed by atoms with van der Waals surface area (Å²) in [5, 5.41) is 14.6. The lowest BCUT2D eigenvalue weighted by Gasteiger charge is -2.41. The van der Waals surface area contributed by atoms with E-state index in [9.17, 15) is 9.90 Å². The van der Waals surface area contributed by atoms with E-state index in [1.807, 2.05) is 54.6 Å². The van der Waals surface area contributed by atoms with Crippen molar-refractivity contribution in [1.82, 2.24) is 0 Å². The average molecular weight is 267 g/mol. The molecule has 0 saturated carbocycles. The number of hydrogen-bond donors (Lipinski definition) is 2. The Labute approximate surface area is 118 Å². The summed E-state index contributed by atoms with van der Waals surface area (Å²) in [7, 11) is 0. The molecule has 3 nitrogen and oxygen atoms in total. The molecule has 1 aliphatic rings. The Morgan fingerprint density at radius 2 is 1.80 bits per heavy atom. The van der Waals surface area contributed by atoms with E-state index < -0.39 is 11.5 Å². The molecule has 20 heavy (non-hydrogen) atoms. The number of benzene rings is 2. The molecule has 0 aliphatic carbocycles. The molecule has 0 aromatic heterocycles. The van der Waals surface area contributed by atoms with Gasteiger partial charge in [0, 0.05) is 17.8 Å². The van der Waals surface area contributed by atoms with E-state index in [0.717, 1.165) is 16.8 Å². The van der Waals surface area contributed by atoms with Gasteiger partial charge in [-0.3, -0.25) is 4.79 Å². The molecule has 0 unspecified atom stereocenters. The molecule has 2 atom stereocenters. The predicted molar refractivity (Wildman–Crippen MR) is 78.5 cm³/mol. The summed E-state index contributed by atoms with van der Waals surface area (Å²) < 4.78 is 0. The fraction of sp³-hybridized carbons (Fsp3) is 0.235. The number of nitrogens with one attached hydrogen (secondary N) is 1. The number of Topliss-reactive ketones (excluding diaryl/α,β-unsaturated/α-hetero) is 1. The number of carbonyl (C=O) groups is 1. The number of para-hydroxylation sites is 1. The van der Waals surface area contributed by atoms with Gasteiger partial charge in [0.25, 0.3) is 0 Å². The van der Waals surface area contributed by atoms with Crippen LogP contribution in [0.2, 0.25) is 0 Å². The van der Waals surface area contributed by atoms with E-state index in [1.54, 1.807) is 0 Å². The molecule has 0 spiro atoms. The van der Waals surface area contributed by atoms with E-state index in [-0.39, 0.29) is 5.78 Å². The largest absolute Gasteiger partial charge is 0.384 e. The highest BCUT2D eigenvalue weighted by molar-refractivity contribution is 5.83. The monoisotopic (exact) mass is 267 g/mol. The highest BCUT2D eigenvalue weighted by atomic mass is 16.3. The van der Waals surface area contributed by atoms with Gasteiger partial charge in [0.15, 0.2) is 0 Å². The summed E-state index contributed by atoms with van der Waals surface area (Å²) in [5.74, 6) is -0.502. The normalized spacial score (nSPS) is 24.6. The Morgan fingerprint density at radius 1 is 1.15 bits per heavy atom. The first-order chi connectivity index (χ1) is 9.64. The maximum absolute atomic E-state index is 12.0. The third-order valence-electron chi connectivity index (χ3n) is 4.04. The molecule has 102 valence electrons. The van der Waals surface area contributed by atoms with Crippen molar-refractivity contribution in [2.75, 3.05) is 11.9 Å². The lowest BCUT2D eigenvalue weighted by Crippen LogP contribution is -2.47. The summed E-state index contributed by atoms with van der Waals surface area (Å²) in [5.41, 5.74) is 1.14. The summed E-state index contributed by atoms with van der Waals surface area (Å²) >= 11 is 0. The van der Waals surface area contributed by atoms with Gasteiger partial charge in [-0.15, -0.1) is 0 Å². The lowest BCUT2D eigenvalue weighted by atomic mass is 9.72. The minimum absolute atomic E-state index is 0.0154. The van der Waals surface area contributed by atoms with Crippen LogP contribution >= 0.6 is 0 Å². The second-order valence-corrected chi connectivity index (χ2v) is 5.22.